The van der Waals surface area contributed by atoms with Gasteiger partial charge in [0.2, 0.25) is 0 Å². The maximum Gasteiger partial charge on any atom is 0.410 e. The fourth-order valence-corrected chi connectivity index (χ4v) is 2.59. The number of ether oxygens (including phenoxy) is 1. The second-order valence-corrected chi connectivity index (χ2v) is 6.28. The molecule has 2 aliphatic rings. The molecule has 1 spiro atoms. The van der Waals surface area contributed by atoms with Gasteiger partial charge in [0.1, 0.15) is 5.60 Å². The summed E-state index contributed by atoms with van der Waals surface area (Å²) in [6.45, 7) is 7.96. The van der Waals surface area contributed by atoms with Gasteiger partial charge >= 0.3 is 6.09 Å². The average molecular weight is 254 g/mol. The van der Waals surface area contributed by atoms with E-state index >= 15 is 0 Å². The molecule has 0 bridgehead atoms. The van der Waals surface area contributed by atoms with Gasteiger partial charge in [0, 0.05) is 18.5 Å². The second kappa shape index (κ2) is 4.53. The van der Waals surface area contributed by atoms with Crippen LogP contribution in [0.4, 0.5) is 4.79 Å². The van der Waals surface area contributed by atoms with Gasteiger partial charge in [0.25, 0.3) is 0 Å². The van der Waals surface area contributed by atoms with Crippen molar-refractivity contribution in [1.29, 1.82) is 0 Å². The zero-order valence-electron chi connectivity index (χ0n) is 11.4. The van der Waals surface area contributed by atoms with Crippen LogP contribution in [0.15, 0.2) is 0 Å². The van der Waals surface area contributed by atoms with Gasteiger partial charge in [-0.05, 0) is 40.2 Å². The number of hydrogen-bond acceptors (Lipinski definition) is 4. The van der Waals surface area contributed by atoms with Crippen molar-refractivity contribution in [3.8, 4) is 0 Å². The molecule has 1 unspecified atom stereocenters. The van der Waals surface area contributed by atoms with Crippen LogP contribution >= 0.6 is 0 Å². The third-order valence-electron chi connectivity index (χ3n) is 3.68. The Balaban J connectivity index is 1.96. The summed E-state index contributed by atoms with van der Waals surface area (Å²) in [6, 6.07) is 0. The Labute approximate surface area is 108 Å². The van der Waals surface area contributed by atoms with E-state index in [1.54, 1.807) is 0 Å². The van der Waals surface area contributed by atoms with Crippen LogP contribution in [0.1, 0.15) is 33.6 Å². The summed E-state index contributed by atoms with van der Waals surface area (Å²) >= 11 is 0. The fraction of sp³-hybridized carbons (Fsp3) is 0.846. The van der Waals surface area contributed by atoms with Gasteiger partial charge in [-0.15, -0.1) is 0 Å². The number of nitrogens with one attached hydrogen (secondary N) is 1. The Morgan fingerprint density at radius 2 is 2.11 bits per heavy atom. The molecule has 2 heterocycles. The molecular weight excluding hydrogens is 232 g/mol. The number of amides is 1. The van der Waals surface area contributed by atoms with E-state index in [4.69, 9.17) is 4.74 Å². The molecule has 102 valence electrons. The summed E-state index contributed by atoms with van der Waals surface area (Å²) in [6.07, 6.45) is 1.27. The highest BCUT2D eigenvalue weighted by molar-refractivity contribution is 5.90. The molecule has 5 nitrogen and oxygen atoms in total. The maximum atomic E-state index is 12.2. The third kappa shape index (κ3) is 2.66. The number of rotatable bonds is 0. The van der Waals surface area contributed by atoms with Crippen LogP contribution in [0.25, 0.3) is 0 Å². The predicted octanol–water partition coefficient (Wildman–Crippen LogP) is 1.18. The third-order valence-corrected chi connectivity index (χ3v) is 3.68. The van der Waals surface area contributed by atoms with E-state index < -0.39 is 5.60 Å². The maximum absolute atomic E-state index is 12.2. The number of piperidine rings is 1. The first-order chi connectivity index (χ1) is 8.32. The summed E-state index contributed by atoms with van der Waals surface area (Å²) < 4.78 is 5.30. The number of Topliss-reactive ketones (excluding diaryl/α,β-unsaturated/α-hetero) is 1. The van der Waals surface area contributed by atoms with Crippen molar-refractivity contribution in [2.75, 3.05) is 26.2 Å². The highest BCUT2D eigenvalue weighted by Gasteiger charge is 2.45. The normalized spacial score (nSPS) is 28.8. The quantitative estimate of drug-likeness (QED) is 0.705. The molecule has 1 atom stereocenters. The first-order valence-corrected chi connectivity index (χ1v) is 6.54. The molecule has 1 N–H and O–H groups in total. The first-order valence-electron chi connectivity index (χ1n) is 6.54. The molecule has 0 radical (unpaired) electrons. The summed E-state index contributed by atoms with van der Waals surface area (Å²) in [5.41, 5.74) is -0.733. The van der Waals surface area contributed by atoms with E-state index in [1.807, 2.05) is 20.8 Å². The molecule has 18 heavy (non-hydrogen) atoms. The topological polar surface area (TPSA) is 58.6 Å². The lowest BCUT2D eigenvalue weighted by atomic mass is 9.77. The Morgan fingerprint density at radius 1 is 1.39 bits per heavy atom. The standard InChI is InChI=1S/C13H22N2O3/c1-12(2,3)18-11(17)15-7-5-13(10(16)8-15)4-6-14-9-13/h14H,4-9H2,1-3H3. The van der Waals surface area contributed by atoms with Gasteiger partial charge in [-0.3, -0.25) is 4.79 Å². The minimum Gasteiger partial charge on any atom is -0.444 e. The Morgan fingerprint density at radius 3 is 2.61 bits per heavy atom. The number of nitrogens with zero attached hydrogens (tertiary/aromatic N) is 1. The van der Waals surface area contributed by atoms with Crippen LogP contribution in [-0.4, -0.2) is 48.6 Å². The van der Waals surface area contributed by atoms with Gasteiger partial charge in [-0.1, -0.05) is 0 Å². The zero-order valence-corrected chi connectivity index (χ0v) is 11.4. The molecule has 2 rings (SSSR count). The molecule has 0 saturated carbocycles. The van der Waals surface area contributed by atoms with Crippen LogP contribution in [0.5, 0.6) is 0 Å². The zero-order chi connectivity index (χ0) is 13.4. The van der Waals surface area contributed by atoms with E-state index in [9.17, 15) is 9.59 Å². The SMILES string of the molecule is CC(C)(C)OC(=O)N1CCC2(CCNC2)C(=O)C1. The number of likely N-dealkylation sites (tertiary alicyclic amines) is 1. The van der Waals surface area contributed by atoms with Crippen LogP contribution in [0, 0.1) is 5.41 Å². The molecule has 0 aliphatic carbocycles. The smallest absolute Gasteiger partial charge is 0.410 e. The lowest BCUT2D eigenvalue weighted by Gasteiger charge is -2.37. The Bertz CT molecular complexity index is 354. The summed E-state index contributed by atoms with van der Waals surface area (Å²) in [7, 11) is 0. The second-order valence-electron chi connectivity index (χ2n) is 6.28. The van der Waals surface area contributed by atoms with Crippen molar-refractivity contribution in [3.05, 3.63) is 0 Å². The molecule has 0 aromatic rings. The molecule has 5 heteroatoms. The van der Waals surface area contributed by atoms with Gasteiger partial charge in [0.05, 0.1) is 6.54 Å². The van der Waals surface area contributed by atoms with E-state index in [0.29, 0.717) is 6.54 Å². The largest absolute Gasteiger partial charge is 0.444 e. The van der Waals surface area contributed by atoms with Crippen LogP contribution in [0.2, 0.25) is 0 Å². The van der Waals surface area contributed by atoms with E-state index in [-0.39, 0.29) is 23.8 Å². The van der Waals surface area contributed by atoms with Crippen LogP contribution < -0.4 is 5.32 Å². The molecule has 2 saturated heterocycles. The molecule has 0 aromatic carbocycles. The van der Waals surface area contributed by atoms with Crippen molar-refractivity contribution in [2.45, 2.75) is 39.2 Å². The van der Waals surface area contributed by atoms with Crippen LogP contribution in [-0.2, 0) is 9.53 Å². The van der Waals surface area contributed by atoms with E-state index in [1.165, 1.54) is 4.90 Å². The number of hydrogen-bond donors (Lipinski definition) is 1. The first kappa shape index (κ1) is 13.3. The number of carbonyl (C=O) groups excluding carboxylic acids is 2. The van der Waals surface area contributed by atoms with Crippen molar-refractivity contribution in [2.24, 2.45) is 5.41 Å². The fourth-order valence-electron chi connectivity index (χ4n) is 2.59. The summed E-state index contributed by atoms with van der Waals surface area (Å²) in [4.78, 5) is 25.6. The molecule has 2 aliphatic heterocycles. The lowest BCUT2D eigenvalue weighted by Crippen LogP contribution is -2.51. The van der Waals surface area contributed by atoms with Crippen molar-refractivity contribution < 1.29 is 14.3 Å². The highest BCUT2D eigenvalue weighted by atomic mass is 16.6. The summed E-state index contributed by atoms with van der Waals surface area (Å²) in [5.74, 6) is 0.171. The highest BCUT2D eigenvalue weighted by Crippen LogP contribution is 2.34. The molecule has 1 amide bonds. The van der Waals surface area contributed by atoms with Crippen molar-refractivity contribution in [3.63, 3.8) is 0 Å². The van der Waals surface area contributed by atoms with Crippen LogP contribution in [0.3, 0.4) is 0 Å². The average Bonchev–Trinajstić information content (AvgIpc) is 2.69. The molecule has 0 aromatic heterocycles. The Hall–Kier alpha value is -1.10. The predicted molar refractivity (Wildman–Crippen MR) is 67.4 cm³/mol. The molecular formula is C13H22N2O3. The van der Waals surface area contributed by atoms with E-state index in [0.717, 1.165) is 25.9 Å². The lowest BCUT2D eigenvalue weighted by molar-refractivity contribution is -0.132. The van der Waals surface area contributed by atoms with Gasteiger partial charge in [0.15, 0.2) is 5.78 Å². The van der Waals surface area contributed by atoms with Gasteiger partial charge < -0.3 is 15.0 Å². The summed E-state index contributed by atoms with van der Waals surface area (Å²) in [5, 5.41) is 3.24. The minimum atomic E-state index is -0.510. The van der Waals surface area contributed by atoms with Crippen molar-refractivity contribution in [1.82, 2.24) is 10.2 Å². The van der Waals surface area contributed by atoms with Gasteiger partial charge in [-0.2, -0.15) is 0 Å². The van der Waals surface area contributed by atoms with Gasteiger partial charge in [-0.25, -0.2) is 4.79 Å². The number of ketones is 1. The number of carbonyl (C=O) groups is 2. The van der Waals surface area contributed by atoms with E-state index in [2.05, 4.69) is 5.32 Å². The molecule has 2 fully saturated rings. The van der Waals surface area contributed by atoms with Crippen molar-refractivity contribution >= 4 is 11.9 Å². The Kier molecular flexibility index (Phi) is 3.36. The minimum absolute atomic E-state index is 0.171. The monoisotopic (exact) mass is 254 g/mol.